The van der Waals surface area contributed by atoms with E-state index in [4.69, 9.17) is 5.26 Å². The second-order valence-corrected chi connectivity index (χ2v) is 6.38. The highest BCUT2D eigenvalue weighted by Crippen LogP contribution is 2.08. The Hall–Kier alpha value is -2.10. The van der Waals surface area contributed by atoms with E-state index >= 15 is 0 Å². The Morgan fingerprint density at radius 2 is 1.90 bits per heavy atom. The molecule has 2 rings (SSSR count). The minimum absolute atomic E-state index is 0.0917. The van der Waals surface area contributed by atoms with E-state index in [-0.39, 0.29) is 12.3 Å². The van der Waals surface area contributed by atoms with E-state index in [1.54, 1.807) is 24.3 Å². The lowest BCUT2D eigenvalue weighted by Gasteiger charge is -2.06. The van der Waals surface area contributed by atoms with Gasteiger partial charge < -0.3 is 4.57 Å². The van der Waals surface area contributed by atoms with E-state index in [1.807, 2.05) is 36.1 Å². The Morgan fingerprint density at radius 1 is 1.20 bits per heavy atom. The molecule has 0 saturated carbocycles. The van der Waals surface area contributed by atoms with Crippen LogP contribution in [0.1, 0.15) is 16.7 Å². The number of hydrogen-bond acceptors (Lipinski definition) is 3. The summed E-state index contributed by atoms with van der Waals surface area (Å²) in [5, 5.41) is 8.69. The molecule has 1 aromatic carbocycles. The second kappa shape index (κ2) is 5.90. The van der Waals surface area contributed by atoms with Crippen molar-refractivity contribution in [1.82, 2.24) is 9.29 Å². The van der Waals surface area contributed by atoms with Gasteiger partial charge in [-0.15, -0.1) is 0 Å². The predicted octanol–water partition coefficient (Wildman–Crippen LogP) is 1.52. The fourth-order valence-corrected chi connectivity index (χ4v) is 2.92. The quantitative estimate of drug-likeness (QED) is 0.906. The summed E-state index contributed by atoms with van der Waals surface area (Å²) in [7, 11) is -1.50. The number of rotatable bonds is 5. The van der Waals surface area contributed by atoms with Crippen molar-refractivity contribution in [3.8, 4) is 6.07 Å². The smallest absolute Gasteiger partial charge is 0.216 e. The average Bonchev–Trinajstić information content (AvgIpc) is 2.83. The highest BCUT2D eigenvalue weighted by Gasteiger charge is 2.11. The topological polar surface area (TPSA) is 74.9 Å². The number of sulfonamides is 1. The number of hydrogen-bond donors (Lipinski definition) is 1. The molecule has 1 aromatic heterocycles. The summed E-state index contributed by atoms with van der Waals surface area (Å²) in [4.78, 5) is 0. The lowest BCUT2D eigenvalue weighted by Crippen LogP contribution is -2.24. The molecule has 0 saturated heterocycles. The summed E-state index contributed by atoms with van der Waals surface area (Å²) in [6.45, 7) is 0.277. The van der Waals surface area contributed by atoms with Gasteiger partial charge in [0, 0.05) is 26.0 Å². The van der Waals surface area contributed by atoms with E-state index in [1.165, 1.54) is 0 Å². The van der Waals surface area contributed by atoms with Crippen LogP contribution in [0.15, 0.2) is 42.7 Å². The molecular weight excluding hydrogens is 274 g/mol. The van der Waals surface area contributed by atoms with Gasteiger partial charge in [0.25, 0.3) is 0 Å². The molecule has 0 aliphatic rings. The van der Waals surface area contributed by atoms with Crippen molar-refractivity contribution in [1.29, 1.82) is 5.26 Å². The summed E-state index contributed by atoms with van der Waals surface area (Å²) in [6, 6.07) is 10.4. The standard InChI is InChI=1S/C14H15N3O2S/c1-17-7-6-14(10-17)9-16-20(18,19)11-13-4-2-12(8-15)3-5-13/h2-7,10,16H,9,11H2,1H3. The molecule has 0 spiro atoms. The van der Waals surface area contributed by atoms with E-state index < -0.39 is 10.0 Å². The molecule has 0 bridgehead atoms. The third kappa shape index (κ3) is 3.95. The van der Waals surface area contributed by atoms with Gasteiger partial charge in [-0.25, -0.2) is 13.1 Å². The second-order valence-electron chi connectivity index (χ2n) is 4.57. The minimum atomic E-state index is -3.39. The van der Waals surface area contributed by atoms with Crippen molar-refractivity contribution >= 4 is 10.0 Å². The van der Waals surface area contributed by atoms with Crippen molar-refractivity contribution in [2.24, 2.45) is 7.05 Å². The molecule has 1 heterocycles. The Morgan fingerprint density at radius 3 is 2.45 bits per heavy atom. The zero-order valence-corrected chi connectivity index (χ0v) is 11.9. The highest BCUT2D eigenvalue weighted by molar-refractivity contribution is 7.88. The molecule has 6 heteroatoms. The molecule has 0 unspecified atom stereocenters. The molecular formula is C14H15N3O2S. The third-order valence-corrected chi connectivity index (χ3v) is 4.13. The van der Waals surface area contributed by atoms with Gasteiger partial charge in [-0.3, -0.25) is 0 Å². The summed E-state index contributed by atoms with van der Waals surface area (Å²) in [5.74, 6) is -0.0917. The first-order chi connectivity index (χ1) is 9.48. The van der Waals surface area contributed by atoms with Gasteiger partial charge in [0.1, 0.15) is 0 Å². The predicted molar refractivity (Wildman–Crippen MR) is 76.0 cm³/mol. The molecule has 0 atom stereocenters. The molecule has 20 heavy (non-hydrogen) atoms. The average molecular weight is 289 g/mol. The molecule has 0 amide bonds. The van der Waals surface area contributed by atoms with Crippen LogP contribution in [0.2, 0.25) is 0 Å². The third-order valence-electron chi connectivity index (χ3n) is 2.83. The van der Waals surface area contributed by atoms with Crippen LogP contribution in [0, 0.1) is 11.3 Å². The summed E-state index contributed by atoms with van der Waals surface area (Å²) in [6.07, 6.45) is 3.73. The monoisotopic (exact) mass is 289 g/mol. The number of nitrogens with zero attached hydrogens (tertiary/aromatic N) is 2. The van der Waals surface area contributed by atoms with Crippen LogP contribution < -0.4 is 4.72 Å². The lowest BCUT2D eigenvalue weighted by molar-refractivity contribution is 0.580. The van der Waals surface area contributed by atoms with Gasteiger partial charge in [0.15, 0.2) is 0 Å². The molecule has 1 N–H and O–H groups in total. The normalized spacial score (nSPS) is 11.2. The summed E-state index contributed by atoms with van der Waals surface area (Å²) in [5.41, 5.74) is 2.09. The number of benzene rings is 1. The number of aryl methyl sites for hydroxylation is 1. The van der Waals surface area contributed by atoms with E-state index in [0.29, 0.717) is 11.1 Å². The lowest BCUT2D eigenvalue weighted by atomic mass is 10.2. The summed E-state index contributed by atoms with van der Waals surface area (Å²) < 4.78 is 28.3. The highest BCUT2D eigenvalue weighted by atomic mass is 32.2. The maximum absolute atomic E-state index is 12.0. The van der Waals surface area contributed by atoms with E-state index in [2.05, 4.69) is 4.72 Å². The van der Waals surface area contributed by atoms with Gasteiger partial charge in [0.05, 0.1) is 17.4 Å². The molecule has 0 radical (unpaired) electrons. The molecule has 104 valence electrons. The maximum Gasteiger partial charge on any atom is 0.216 e. The van der Waals surface area contributed by atoms with Gasteiger partial charge >= 0.3 is 0 Å². The molecule has 5 nitrogen and oxygen atoms in total. The Kier molecular flexibility index (Phi) is 4.23. The molecule has 0 aliphatic heterocycles. The Bertz CT molecular complexity index is 725. The molecule has 0 aliphatic carbocycles. The Labute approximate surface area is 118 Å². The largest absolute Gasteiger partial charge is 0.357 e. The SMILES string of the molecule is Cn1ccc(CNS(=O)(=O)Cc2ccc(C#N)cc2)c1. The van der Waals surface area contributed by atoms with Crippen LogP contribution in [0.5, 0.6) is 0 Å². The van der Waals surface area contributed by atoms with Crippen LogP contribution in [0.3, 0.4) is 0 Å². The first kappa shape index (κ1) is 14.3. The van der Waals surface area contributed by atoms with Crippen molar-refractivity contribution < 1.29 is 8.42 Å². The van der Waals surface area contributed by atoms with Crippen molar-refractivity contribution in [2.75, 3.05) is 0 Å². The van der Waals surface area contributed by atoms with Gasteiger partial charge in [0.2, 0.25) is 10.0 Å². The first-order valence-electron chi connectivity index (χ1n) is 6.06. The van der Waals surface area contributed by atoms with Crippen LogP contribution in [0.4, 0.5) is 0 Å². The van der Waals surface area contributed by atoms with Gasteiger partial charge in [-0.05, 0) is 29.3 Å². The van der Waals surface area contributed by atoms with Crippen molar-refractivity contribution in [3.05, 3.63) is 59.4 Å². The molecule has 0 fully saturated rings. The van der Waals surface area contributed by atoms with Gasteiger partial charge in [-0.1, -0.05) is 12.1 Å². The zero-order valence-electron chi connectivity index (χ0n) is 11.1. The fourth-order valence-electron chi connectivity index (χ4n) is 1.80. The zero-order chi connectivity index (χ0) is 14.6. The van der Waals surface area contributed by atoms with Crippen LogP contribution in [-0.2, 0) is 29.4 Å². The first-order valence-corrected chi connectivity index (χ1v) is 7.71. The number of aromatic nitrogens is 1. The van der Waals surface area contributed by atoms with Crippen LogP contribution >= 0.6 is 0 Å². The van der Waals surface area contributed by atoms with E-state index in [0.717, 1.165) is 5.56 Å². The minimum Gasteiger partial charge on any atom is -0.357 e. The number of nitrogens with one attached hydrogen (secondary N) is 1. The Balaban J connectivity index is 1.98. The van der Waals surface area contributed by atoms with E-state index in [9.17, 15) is 8.42 Å². The number of nitriles is 1. The van der Waals surface area contributed by atoms with Crippen LogP contribution in [0.25, 0.3) is 0 Å². The van der Waals surface area contributed by atoms with Gasteiger partial charge in [-0.2, -0.15) is 5.26 Å². The maximum atomic E-state index is 12.0. The summed E-state index contributed by atoms with van der Waals surface area (Å²) >= 11 is 0. The molecule has 2 aromatic rings. The van der Waals surface area contributed by atoms with Crippen LogP contribution in [-0.4, -0.2) is 13.0 Å². The van der Waals surface area contributed by atoms with Crippen molar-refractivity contribution in [3.63, 3.8) is 0 Å². The van der Waals surface area contributed by atoms with Crippen molar-refractivity contribution in [2.45, 2.75) is 12.3 Å². The fraction of sp³-hybridized carbons (Fsp3) is 0.214.